The summed E-state index contributed by atoms with van der Waals surface area (Å²) in [6, 6.07) is 0. The van der Waals surface area contributed by atoms with E-state index in [1.54, 1.807) is 21.0 Å². The molecule has 0 heterocycles. The predicted octanol–water partition coefficient (Wildman–Crippen LogP) is 2.14. The zero-order chi connectivity index (χ0) is 52.4. The lowest BCUT2D eigenvalue weighted by Crippen LogP contribution is -2.34. The second-order valence-corrected chi connectivity index (χ2v) is 18.7. The molecular weight excluding hydrogens is 1020 g/mol. The highest BCUT2D eigenvalue weighted by Crippen LogP contribution is 2.24. The van der Waals surface area contributed by atoms with Crippen molar-refractivity contribution in [2.45, 2.75) is 25.8 Å². The fourth-order valence-corrected chi connectivity index (χ4v) is 6.54. The fraction of sp³-hybridized carbons (Fsp3) is 1.00. The van der Waals surface area contributed by atoms with Crippen molar-refractivity contribution in [2.75, 3.05) is 276 Å². The highest BCUT2D eigenvalue weighted by Gasteiger charge is 2.27. The summed E-state index contributed by atoms with van der Waals surface area (Å²) in [6.07, 6.45) is 0.314. The van der Waals surface area contributed by atoms with Gasteiger partial charge in [0.2, 0.25) is 0 Å². The fourth-order valence-electron chi connectivity index (χ4n) is 4.98. The van der Waals surface area contributed by atoms with Gasteiger partial charge in [-0.05, 0) is 43.8 Å². The van der Waals surface area contributed by atoms with E-state index < -0.39 is 15.4 Å². The van der Waals surface area contributed by atoms with Gasteiger partial charge in [0, 0.05) is 12.6 Å². The highest BCUT2D eigenvalue weighted by molar-refractivity contribution is 7.91. The van der Waals surface area contributed by atoms with Gasteiger partial charge in [0.05, 0.1) is 269 Å². The van der Waals surface area contributed by atoms with Crippen LogP contribution < -0.4 is 0 Å². The van der Waals surface area contributed by atoms with Crippen molar-refractivity contribution in [2.24, 2.45) is 0 Å². The number of hydrogen-bond acceptors (Lipinski definition) is 23. The largest absolute Gasteiger partial charge is 0.382 e. The van der Waals surface area contributed by atoms with Crippen LogP contribution in [0.5, 0.6) is 0 Å². The molecule has 0 rings (SSSR count). The topological polar surface area (TPSA) is 222 Å². The number of halogens is 2. The van der Waals surface area contributed by atoms with Crippen molar-refractivity contribution in [1.29, 1.82) is 0 Å². The number of ether oxygens (including phenoxy) is 20. The molecule has 0 fully saturated rings. The van der Waals surface area contributed by atoms with E-state index in [4.69, 9.17) is 118 Å². The monoisotopic (exact) mass is 1110 g/mol. The SMILES string of the molecule is COCCOCCOCCOCCOCCOCCOCCOCCOCCOCCOCCOCCOCCOCCOCCOCCOCCOCCOCCOCCS(=O)(=O)CCC(C)(C)N(Cl)Cl. The van der Waals surface area contributed by atoms with Crippen LogP contribution in [0.4, 0.5) is 0 Å². The molecule has 26 heteroatoms. The Bertz CT molecular complexity index is 1160. The van der Waals surface area contributed by atoms with Gasteiger partial charge in [0.15, 0.2) is 9.84 Å². The molecule has 23 nitrogen and oxygen atoms in total. The molecule has 0 aromatic rings. The zero-order valence-electron chi connectivity index (χ0n) is 43.8. The molecule has 0 saturated heterocycles. The summed E-state index contributed by atoms with van der Waals surface area (Å²) in [7, 11) is -1.62. The van der Waals surface area contributed by atoms with Crippen molar-refractivity contribution in [3.63, 3.8) is 0 Å². The lowest BCUT2D eigenvalue weighted by molar-refractivity contribution is -0.0313. The summed E-state index contributed by atoms with van der Waals surface area (Å²) >= 11 is 11.5. The normalized spacial score (nSPS) is 12.3. The Balaban J connectivity index is 3.14. The van der Waals surface area contributed by atoms with Crippen LogP contribution in [-0.4, -0.2) is 294 Å². The maximum atomic E-state index is 12.2. The van der Waals surface area contributed by atoms with Gasteiger partial charge in [0.1, 0.15) is 0 Å². The first kappa shape index (κ1) is 71.7. The highest BCUT2D eigenvalue weighted by atomic mass is 35.5. The minimum atomic E-state index is -3.26. The van der Waals surface area contributed by atoms with Crippen LogP contribution in [0.25, 0.3) is 0 Å². The Morgan fingerprint density at radius 2 is 0.431 bits per heavy atom. The molecule has 434 valence electrons. The molecule has 0 aromatic carbocycles. The molecule has 0 aliphatic heterocycles. The Labute approximate surface area is 441 Å². The van der Waals surface area contributed by atoms with Crippen molar-refractivity contribution in [3.8, 4) is 0 Å². The number of methoxy groups -OCH3 is 1. The van der Waals surface area contributed by atoms with Gasteiger partial charge in [-0.3, -0.25) is 0 Å². The maximum absolute atomic E-state index is 12.2. The standard InChI is InChI=1S/C46H93Cl2NO22S/c1-46(2,49(47)48)4-44-72(50,51)45-43-71-42-41-70-40-39-69-38-37-68-36-35-67-34-33-66-32-31-65-30-29-64-28-27-63-26-25-62-24-23-61-22-21-60-20-19-59-18-17-58-16-15-57-14-13-56-12-11-55-10-9-54-8-7-53-6-5-52-3/h4-45H2,1-3H3. The van der Waals surface area contributed by atoms with Crippen molar-refractivity contribution in [3.05, 3.63) is 0 Å². The van der Waals surface area contributed by atoms with E-state index in [-0.39, 0.29) is 18.1 Å². The first-order valence-corrected chi connectivity index (χ1v) is 27.5. The summed E-state index contributed by atoms with van der Waals surface area (Å²) in [5.74, 6) is -0.0912. The molecule has 0 unspecified atom stereocenters. The first-order valence-electron chi connectivity index (χ1n) is 25.0. The van der Waals surface area contributed by atoms with Crippen LogP contribution in [0.2, 0.25) is 0 Å². The van der Waals surface area contributed by atoms with Gasteiger partial charge in [-0.1, -0.05) is 0 Å². The summed E-state index contributed by atoms with van der Waals surface area (Å²) in [5, 5.41) is 0. The molecule has 0 aliphatic carbocycles. The Hall–Kier alpha value is -0.310. The Kier molecular flexibility index (Phi) is 58.1. The van der Waals surface area contributed by atoms with E-state index >= 15 is 0 Å². The maximum Gasteiger partial charge on any atom is 0.152 e. The zero-order valence-corrected chi connectivity index (χ0v) is 46.1. The molecule has 0 radical (unpaired) electrons. The summed E-state index contributed by atoms with van der Waals surface area (Å²) in [6.45, 7) is 21.8. The first-order chi connectivity index (χ1) is 35.2. The quantitative estimate of drug-likeness (QED) is 0.0629. The van der Waals surface area contributed by atoms with Gasteiger partial charge in [0.25, 0.3) is 0 Å². The molecule has 0 amide bonds. The second kappa shape index (κ2) is 58.4. The van der Waals surface area contributed by atoms with E-state index in [0.717, 1.165) is 3.94 Å². The van der Waals surface area contributed by atoms with Crippen LogP contribution in [0.1, 0.15) is 20.3 Å². The van der Waals surface area contributed by atoms with Crippen LogP contribution in [0.15, 0.2) is 0 Å². The smallest absolute Gasteiger partial charge is 0.152 e. The lowest BCUT2D eigenvalue weighted by Gasteiger charge is -2.27. The number of rotatable bonds is 64. The van der Waals surface area contributed by atoms with Gasteiger partial charge >= 0.3 is 0 Å². The molecule has 0 saturated carbocycles. The minimum absolute atomic E-state index is 0.0217. The Morgan fingerprint density at radius 3 is 0.583 bits per heavy atom. The second-order valence-electron chi connectivity index (χ2n) is 15.6. The average molecular weight is 1120 g/mol. The Morgan fingerprint density at radius 1 is 0.278 bits per heavy atom. The predicted molar refractivity (Wildman–Crippen MR) is 268 cm³/mol. The van der Waals surface area contributed by atoms with E-state index in [1.807, 2.05) is 0 Å². The summed E-state index contributed by atoms with van der Waals surface area (Å²) in [4.78, 5) is 0. The molecule has 0 bridgehead atoms. The summed E-state index contributed by atoms with van der Waals surface area (Å²) in [5.41, 5.74) is -0.638. The molecule has 0 aliphatic rings. The molecule has 0 N–H and O–H groups in total. The summed E-state index contributed by atoms with van der Waals surface area (Å²) < 4.78 is 134. The minimum Gasteiger partial charge on any atom is -0.382 e. The van der Waals surface area contributed by atoms with Crippen LogP contribution >= 0.6 is 23.6 Å². The van der Waals surface area contributed by atoms with Crippen molar-refractivity contribution in [1.82, 2.24) is 3.94 Å². The third-order valence-corrected chi connectivity index (χ3v) is 11.7. The lowest BCUT2D eigenvalue weighted by atomic mass is 10.0. The average Bonchev–Trinajstić information content (AvgIpc) is 3.36. The molecular formula is C46H93Cl2NO22S. The van der Waals surface area contributed by atoms with E-state index in [1.165, 1.54) is 0 Å². The third kappa shape index (κ3) is 58.9. The van der Waals surface area contributed by atoms with Crippen molar-refractivity contribution >= 4 is 33.4 Å². The van der Waals surface area contributed by atoms with Crippen LogP contribution in [0.3, 0.4) is 0 Å². The van der Waals surface area contributed by atoms with E-state index in [2.05, 4.69) is 0 Å². The van der Waals surface area contributed by atoms with Gasteiger partial charge < -0.3 is 94.7 Å². The molecule has 72 heavy (non-hydrogen) atoms. The number of nitrogens with zero attached hydrogens (tertiary/aromatic N) is 1. The number of sulfone groups is 1. The molecule has 0 aromatic heterocycles. The molecule has 0 atom stereocenters. The van der Waals surface area contributed by atoms with Gasteiger partial charge in [-0.15, -0.1) is 3.94 Å². The van der Waals surface area contributed by atoms with Crippen LogP contribution in [0, 0.1) is 0 Å². The molecule has 0 spiro atoms. The van der Waals surface area contributed by atoms with Crippen LogP contribution in [-0.2, 0) is 105 Å². The van der Waals surface area contributed by atoms with Crippen molar-refractivity contribution < 1.29 is 103 Å². The van der Waals surface area contributed by atoms with Gasteiger partial charge in [-0.2, -0.15) is 0 Å². The van der Waals surface area contributed by atoms with E-state index in [9.17, 15) is 8.42 Å². The van der Waals surface area contributed by atoms with Gasteiger partial charge in [-0.25, -0.2) is 8.42 Å². The number of hydrogen-bond donors (Lipinski definition) is 0. The van der Waals surface area contributed by atoms with E-state index in [0.29, 0.717) is 257 Å². The third-order valence-electron chi connectivity index (χ3n) is 9.15.